The van der Waals surface area contributed by atoms with E-state index in [2.05, 4.69) is 22.3 Å². The van der Waals surface area contributed by atoms with Crippen LogP contribution < -0.4 is 5.32 Å². The molecule has 1 N–H and O–H groups in total. The van der Waals surface area contributed by atoms with E-state index in [1.165, 1.54) is 5.56 Å². The summed E-state index contributed by atoms with van der Waals surface area (Å²) in [5.74, 6) is -2.06. The molecular formula is C18H20F2N2O. The van der Waals surface area contributed by atoms with Crippen LogP contribution in [0.3, 0.4) is 0 Å². The summed E-state index contributed by atoms with van der Waals surface area (Å²) in [6.45, 7) is 2.08. The minimum Gasteiger partial charge on any atom is -0.352 e. The Morgan fingerprint density at radius 2 is 1.87 bits per heavy atom. The Labute approximate surface area is 134 Å². The molecule has 0 fully saturated rings. The van der Waals surface area contributed by atoms with Crippen molar-refractivity contribution in [2.45, 2.75) is 13.0 Å². The predicted octanol–water partition coefficient (Wildman–Crippen LogP) is 3.22. The number of nitrogens with zero attached hydrogens (tertiary/aromatic N) is 1. The molecular weight excluding hydrogens is 298 g/mol. The molecule has 0 saturated carbocycles. The Morgan fingerprint density at radius 3 is 2.57 bits per heavy atom. The first-order chi connectivity index (χ1) is 11.1. The van der Waals surface area contributed by atoms with Crippen LogP contribution in [0.25, 0.3) is 0 Å². The Hall–Kier alpha value is -2.27. The molecule has 0 aliphatic heterocycles. The molecule has 0 aliphatic carbocycles. The second kappa shape index (κ2) is 8.39. The summed E-state index contributed by atoms with van der Waals surface area (Å²) in [7, 11) is 2.01. The summed E-state index contributed by atoms with van der Waals surface area (Å²) in [6.07, 6.45) is 0.748. The summed E-state index contributed by atoms with van der Waals surface area (Å²) in [6, 6.07) is 13.1. The van der Waals surface area contributed by atoms with Crippen molar-refractivity contribution < 1.29 is 13.6 Å². The summed E-state index contributed by atoms with van der Waals surface area (Å²) in [4.78, 5) is 14.0. The maximum Gasteiger partial charge on any atom is 0.254 e. The highest BCUT2D eigenvalue weighted by atomic mass is 19.1. The fraction of sp³-hybridized carbons (Fsp3) is 0.278. The van der Waals surface area contributed by atoms with Gasteiger partial charge in [-0.15, -0.1) is 0 Å². The highest BCUT2D eigenvalue weighted by Gasteiger charge is 2.11. The lowest BCUT2D eigenvalue weighted by Gasteiger charge is -2.16. The molecule has 23 heavy (non-hydrogen) atoms. The molecule has 5 heteroatoms. The van der Waals surface area contributed by atoms with Crippen LogP contribution in [0.5, 0.6) is 0 Å². The van der Waals surface area contributed by atoms with Crippen LogP contribution in [-0.2, 0) is 6.54 Å². The van der Waals surface area contributed by atoms with Crippen molar-refractivity contribution in [3.8, 4) is 0 Å². The van der Waals surface area contributed by atoms with Gasteiger partial charge in [-0.05, 0) is 37.7 Å². The van der Waals surface area contributed by atoms with Gasteiger partial charge in [-0.2, -0.15) is 0 Å². The fourth-order valence-corrected chi connectivity index (χ4v) is 2.29. The molecule has 0 aliphatic rings. The third kappa shape index (κ3) is 5.45. The van der Waals surface area contributed by atoms with E-state index in [1.54, 1.807) is 0 Å². The van der Waals surface area contributed by atoms with Crippen LogP contribution in [0.2, 0.25) is 0 Å². The number of carbonyl (C=O) groups is 1. The predicted molar refractivity (Wildman–Crippen MR) is 86.1 cm³/mol. The molecule has 2 aromatic rings. The molecule has 0 heterocycles. The van der Waals surface area contributed by atoms with Crippen molar-refractivity contribution in [3.05, 3.63) is 71.3 Å². The van der Waals surface area contributed by atoms with Gasteiger partial charge >= 0.3 is 0 Å². The van der Waals surface area contributed by atoms with Gasteiger partial charge in [0.05, 0.1) is 5.56 Å². The zero-order valence-corrected chi connectivity index (χ0v) is 13.1. The van der Waals surface area contributed by atoms with E-state index in [0.29, 0.717) is 12.6 Å². The Bertz CT molecular complexity index is 647. The number of hydrogen-bond acceptors (Lipinski definition) is 2. The number of nitrogens with one attached hydrogen (secondary N) is 1. The van der Waals surface area contributed by atoms with Gasteiger partial charge in [0.1, 0.15) is 11.6 Å². The number of amides is 1. The highest BCUT2D eigenvalue weighted by molar-refractivity contribution is 5.94. The zero-order chi connectivity index (χ0) is 16.7. The fourth-order valence-electron chi connectivity index (χ4n) is 2.29. The van der Waals surface area contributed by atoms with Crippen LogP contribution in [0.15, 0.2) is 48.5 Å². The first kappa shape index (κ1) is 17.1. The molecule has 2 rings (SSSR count). The van der Waals surface area contributed by atoms with Crippen LogP contribution in [0.4, 0.5) is 8.78 Å². The van der Waals surface area contributed by atoms with E-state index < -0.39 is 17.5 Å². The smallest absolute Gasteiger partial charge is 0.254 e. The van der Waals surface area contributed by atoms with Crippen molar-refractivity contribution in [2.75, 3.05) is 20.1 Å². The van der Waals surface area contributed by atoms with E-state index in [-0.39, 0.29) is 5.56 Å². The third-order valence-corrected chi connectivity index (χ3v) is 3.47. The van der Waals surface area contributed by atoms with Crippen LogP contribution in [-0.4, -0.2) is 30.9 Å². The second-order valence-electron chi connectivity index (χ2n) is 5.46. The topological polar surface area (TPSA) is 32.3 Å². The largest absolute Gasteiger partial charge is 0.352 e. The van der Waals surface area contributed by atoms with Crippen LogP contribution >= 0.6 is 0 Å². The molecule has 0 unspecified atom stereocenters. The van der Waals surface area contributed by atoms with E-state index in [0.717, 1.165) is 31.6 Å². The van der Waals surface area contributed by atoms with E-state index in [9.17, 15) is 13.6 Å². The lowest BCUT2D eigenvalue weighted by Crippen LogP contribution is -2.28. The Kier molecular flexibility index (Phi) is 6.23. The zero-order valence-electron chi connectivity index (χ0n) is 13.1. The summed E-state index contributed by atoms with van der Waals surface area (Å²) in [5.41, 5.74) is 1.09. The van der Waals surface area contributed by atoms with Crippen molar-refractivity contribution in [1.82, 2.24) is 10.2 Å². The number of benzene rings is 2. The first-order valence-corrected chi connectivity index (χ1v) is 7.52. The third-order valence-electron chi connectivity index (χ3n) is 3.47. The van der Waals surface area contributed by atoms with E-state index in [4.69, 9.17) is 0 Å². The standard InChI is InChI=1S/C18H20F2N2O/c1-22(13-14-6-3-2-4-7-14)11-5-10-21-18(23)16-9-8-15(19)12-17(16)20/h2-4,6-9,12H,5,10-11,13H2,1H3,(H,21,23). The van der Waals surface area contributed by atoms with Crippen molar-refractivity contribution in [1.29, 1.82) is 0 Å². The Morgan fingerprint density at radius 1 is 1.13 bits per heavy atom. The molecule has 0 spiro atoms. The number of hydrogen-bond donors (Lipinski definition) is 1. The normalized spacial score (nSPS) is 10.8. The van der Waals surface area contributed by atoms with Gasteiger partial charge in [-0.1, -0.05) is 30.3 Å². The molecule has 2 aromatic carbocycles. The summed E-state index contributed by atoms with van der Waals surface area (Å²) < 4.78 is 26.3. The maximum atomic E-state index is 13.5. The number of rotatable bonds is 7. The first-order valence-electron chi connectivity index (χ1n) is 7.52. The van der Waals surface area contributed by atoms with Crippen molar-refractivity contribution >= 4 is 5.91 Å². The maximum absolute atomic E-state index is 13.5. The van der Waals surface area contributed by atoms with Crippen LogP contribution in [0.1, 0.15) is 22.3 Å². The molecule has 0 radical (unpaired) electrons. The summed E-state index contributed by atoms with van der Waals surface area (Å²) >= 11 is 0. The SMILES string of the molecule is CN(CCCNC(=O)c1ccc(F)cc1F)Cc1ccccc1. The lowest BCUT2D eigenvalue weighted by atomic mass is 10.2. The minimum atomic E-state index is -0.844. The lowest BCUT2D eigenvalue weighted by molar-refractivity contribution is 0.0948. The van der Waals surface area contributed by atoms with Crippen molar-refractivity contribution in [3.63, 3.8) is 0 Å². The van der Waals surface area contributed by atoms with Gasteiger partial charge < -0.3 is 10.2 Å². The average Bonchev–Trinajstić information content (AvgIpc) is 2.52. The molecule has 0 bridgehead atoms. The van der Waals surface area contributed by atoms with Gasteiger partial charge in [0, 0.05) is 19.2 Å². The molecule has 0 aromatic heterocycles. The van der Waals surface area contributed by atoms with E-state index >= 15 is 0 Å². The molecule has 0 saturated heterocycles. The van der Waals surface area contributed by atoms with Gasteiger partial charge in [-0.3, -0.25) is 4.79 Å². The minimum absolute atomic E-state index is 0.135. The highest BCUT2D eigenvalue weighted by Crippen LogP contribution is 2.09. The van der Waals surface area contributed by atoms with Crippen LogP contribution in [0, 0.1) is 11.6 Å². The molecule has 0 atom stereocenters. The van der Waals surface area contributed by atoms with Crippen molar-refractivity contribution in [2.24, 2.45) is 0 Å². The monoisotopic (exact) mass is 318 g/mol. The molecule has 122 valence electrons. The van der Waals surface area contributed by atoms with Gasteiger partial charge in [0.15, 0.2) is 0 Å². The summed E-state index contributed by atoms with van der Waals surface area (Å²) in [5, 5.41) is 2.65. The van der Waals surface area contributed by atoms with Gasteiger partial charge in [0.2, 0.25) is 0 Å². The number of carbonyl (C=O) groups excluding carboxylic acids is 1. The molecule has 1 amide bonds. The Balaban J connectivity index is 1.71. The number of halogens is 2. The molecule has 3 nitrogen and oxygen atoms in total. The average molecular weight is 318 g/mol. The van der Waals surface area contributed by atoms with Gasteiger partial charge in [0.25, 0.3) is 5.91 Å². The quantitative estimate of drug-likeness (QED) is 0.795. The van der Waals surface area contributed by atoms with E-state index in [1.807, 2.05) is 25.2 Å². The van der Waals surface area contributed by atoms with Gasteiger partial charge in [-0.25, -0.2) is 8.78 Å². The second-order valence-corrected chi connectivity index (χ2v) is 5.46.